The van der Waals surface area contributed by atoms with E-state index in [2.05, 4.69) is 11.8 Å². The van der Waals surface area contributed by atoms with Gasteiger partial charge in [-0.15, -0.1) is 0 Å². The van der Waals surface area contributed by atoms with Crippen LogP contribution in [-0.4, -0.2) is 43.3 Å². The summed E-state index contributed by atoms with van der Waals surface area (Å²) in [6.07, 6.45) is -18.1. The highest BCUT2D eigenvalue weighted by Crippen LogP contribution is 2.41. The van der Waals surface area contributed by atoms with Crippen molar-refractivity contribution in [3.05, 3.63) is 93.3 Å². The Balaban J connectivity index is 1.72. The number of hydrogen-bond donors (Lipinski definition) is 0. The van der Waals surface area contributed by atoms with Crippen molar-refractivity contribution in [3.8, 4) is 23.3 Å². The molecule has 0 N–H and O–H groups in total. The molecule has 1 amide bonds. The zero-order valence-electron chi connectivity index (χ0n) is 26.1. The number of esters is 1. The van der Waals surface area contributed by atoms with E-state index in [1.807, 2.05) is 0 Å². The van der Waals surface area contributed by atoms with Crippen molar-refractivity contribution in [2.45, 2.75) is 51.1 Å². The number of methoxy groups -OCH3 is 1. The molecular weight excluding hydrogens is 696 g/mol. The number of rotatable bonds is 8. The van der Waals surface area contributed by atoms with Gasteiger partial charge in [0.1, 0.15) is 11.9 Å². The fourth-order valence-corrected chi connectivity index (χ4v) is 4.90. The Kier molecular flexibility index (Phi) is 10.8. The summed E-state index contributed by atoms with van der Waals surface area (Å²) in [5.41, 5.74) is -5.44. The topological polar surface area (TPSA) is 74.3 Å². The second-order valence-electron chi connectivity index (χ2n) is 10.7. The number of alkyl halides is 9. The number of nitrogens with zero attached hydrogens (tertiary/aromatic N) is 1. The molecule has 0 saturated carbocycles. The minimum atomic E-state index is -5.19. The smallest absolute Gasteiger partial charge is 0.416 e. The Morgan fingerprint density at radius 3 is 2.00 bits per heavy atom. The van der Waals surface area contributed by atoms with Gasteiger partial charge in [-0.25, -0.2) is 14.0 Å². The molecule has 1 fully saturated rings. The molecule has 0 spiro atoms. The molecule has 1 saturated heterocycles. The van der Waals surface area contributed by atoms with E-state index in [4.69, 9.17) is 18.9 Å². The van der Waals surface area contributed by atoms with Gasteiger partial charge in [0.2, 0.25) is 0 Å². The fourth-order valence-electron chi connectivity index (χ4n) is 4.90. The Labute approximate surface area is 277 Å². The van der Waals surface area contributed by atoms with E-state index in [9.17, 15) is 53.5 Å². The van der Waals surface area contributed by atoms with Crippen LogP contribution in [0.1, 0.15) is 58.9 Å². The van der Waals surface area contributed by atoms with Crippen LogP contribution in [0.15, 0.2) is 48.5 Å². The van der Waals surface area contributed by atoms with Gasteiger partial charge < -0.3 is 18.9 Å². The average Bonchev–Trinajstić information content (AvgIpc) is 3.30. The van der Waals surface area contributed by atoms with E-state index in [-0.39, 0.29) is 35.1 Å². The summed E-state index contributed by atoms with van der Waals surface area (Å²) in [6.45, 7) is 1.51. The van der Waals surface area contributed by atoms with E-state index in [1.165, 1.54) is 14.0 Å². The van der Waals surface area contributed by atoms with Crippen LogP contribution >= 0.6 is 0 Å². The molecule has 1 heterocycles. The maximum atomic E-state index is 14.6. The summed E-state index contributed by atoms with van der Waals surface area (Å²) in [4.78, 5) is 25.4. The van der Waals surface area contributed by atoms with Crippen molar-refractivity contribution in [2.75, 3.05) is 20.3 Å². The first-order valence-electron chi connectivity index (χ1n) is 14.4. The number of hydrogen-bond acceptors (Lipinski definition) is 6. The molecule has 268 valence electrons. The van der Waals surface area contributed by atoms with E-state index < -0.39 is 89.7 Å². The van der Waals surface area contributed by atoms with Gasteiger partial charge in [-0.05, 0) is 61.4 Å². The van der Waals surface area contributed by atoms with Crippen molar-refractivity contribution in [3.63, 3.8) is 0 Å². The van der Waals surface area contributed by atoms with Crippen LogP contribution in [0.5, 0.6) is 11.5 Å². The van der Waals surface area contributed by atoms with Crippen LogP contribution in [0.25, 0.3) is 0 Å². The van der Waals surface area contributed by atoms with Gasteiger partial charge in [0.15, 0.2) is 18.2 Å². The Bertz CT molecular complexity index is 1790. The predicted molar refractivity (Wildman–Crippen MR) is 153 cm³/mol. The lowest BCUT2D eigenvalue weighted by molar-refractivity contribution is -0.146. The van der Waals surface area contributed by atoms with Crippen LogP contribution < -0.4 is 9.47 Å². The lowest BCUT2D eigenvalue weighted by Crippen LogP contribution is -2.32. The largest absolute Gasteiger partial charge is 0.495 e. The van der Waals surface area contributed by atoms with E-state index in [0.717, 1.165) is 23.1 Å². The molecule has 0 aliphatic carbocycles. The van der Waals surface area contributed by atoms with Gasteiger partial charge in [0, 0.05) is 17.7 Å². The van der Waals surface area contributed by atoms with Crippen LogP contribution in [0.3, 0.4) is 0 Å². The number of halogens is 10. The van der Waals surface area contributed by atoms with E-state index >= 15 is 0 Å². The van der Waals surface area contributed by atoms with Crippen molar-refractivity contribution in [2.24, 2.45) is 0 Å². The molecule has 4 rings (SSSR count). The third kappa shape index (κ3) is 8.71. The molecule has 0 aromatic heterocycles. The average molecular weight is 722 g/mol. The molecule has 0 radical (unpaired) electrons. The third-order valence-corrected chi connectivity index (χ3v) is 7.34. The molecule has 1 unspecified atom stereocenters. The summed E-state index contributed by atoms with van der Waals surface area (Å²) in [6, 6.07) is 3.73. The Hall–Kier alpha value is -5.14. The molecule has 17 heteroatoms. The first-order chi connectivity index (χ1) is 23.2. The van der Waals surface area contributed by atoms with Crippen LogP contribution in [-0.2, 0) is 39.3 Å². The van der Waals surface area contributed by atoms with Gasteiger partial charge in [0.25, 0.3) is 0 Å². The highest BCUT2D eigenvalue weighted by molar-refractivity contribution is 5.72. The fraction of sp³-hybridized carbons (Fsp3) is 0.333. The third-order valence-electron chi connectivity index (χ3n) is 7.34. The Morgan fingerprint density at radius 2 is 1.44 bits per heavy atom. The Morgan fingerprint density at radius 1 is 0.840 bits per heavy atom. The number of carbonyl (C=O) groups is 2. The lowest BCUT2D eigenvalue weighted by atomic mass is 9.97. The number of benzene rings is 3. The zero-order valence-corrected chi connectivity index (χ0v) is 26.1. The van der Waals surface area contributed by atoms with E-state index in [1.54, 1.807) is 6.92 Å². The lowest BCUT2D eigenvalue weighted by Gasteiger charge is -2.23. The maximum Gasteiger partial charge on any atom is 0.416 e. The van der Waals surface area contributed by atoms with Gasteiger partial charge in [-0.3, -0.25) is 4.90 Å². The zero-order chi connectivity index (χ0) is 37.2. The van der Waals surface area contributed by atoms with Crippen LogP contribution in [0, 0.1) is 17.7 Å². The predicted octanol–water partition coefficient (Wildman–Crippen LogP) is 8.31. The number of amides is 1. The number of ether oxygens (including phenoxy) is 4. The van der Waals surface area contributed by atoms with Crippen molar-refractivity contribution in [1.29, 1.82) is 0 Å². The van der Waals surface area contributed by atoms with Gasteiger partial charge in [0.05, 0.1) is 48.6 Å². The quantitative estimate of drug-likeness (QED) is 0.132. The molecule has 2 atom stereocenters. The summed E-state index contributed by atoms with van der Waals surface area (Å²) >= 11 is 0. The SMILES string of the molecule is CCOC(=O)COc1cc(C#Cc2ccc(C(F)(F)F)cc2CN2C(=O)OC(c3cc(C(F)(F)F)cc(C(F)(F)F)c3)[C@@H]2C)c(OC)cc1F. The molecule has 3 aromatic rings. The van der Waals surface area contributed by atoms with Crippen molar-refractivity contribution in [1.82, 2.24) is 4.90 Å². The second kappa shape index (κ2) is 14.4. The number of cyclic esters (lactones) is 1. The van der Waals surface area contributed by atoms with Crippen LogP contribution in [0.4, 0.5) is 48.7 Å². The standard InChI is InChI=1S/C33H25F10NO6/c1-4-48-28(45)16-49-27-12-19(26(47-3)14-25(27)34)6-5-18-7-8-22(31(35,36)37)11-21(18)15-44-17(2)29(50-30(44)46)20-9-23(32(38,39)40)13-24(10-20)33(41,42)43/h7-14,17,29H,4,15-16H2,1-3H3/t17-,29?/m0/s1. The van der Waals surface area contributed by atoms with Gasteiger partial charge in [-0.2, -0.15) is 39.5 Å². The van der Waals surface area contributed by atoms with Crippen molar-refractivity contribution >= 4 is 12.1 Å². The molecule has 7 nitrogen and oxygen atoms in total. The summed E-state index contributed by atoms with van der Waals surface area (Å²) in [5.74, 6) is 2.94. The van der Waals surface area contributed by atoms with Crippen LogP contribution in [0.2, 0.25) is 0 Å². The molecule has 0 bridgehead atoms. The highest BCUT2D eigenvalue weighted by atomic mass is 19.4. The van der Waals surface area contributed by atoms with Crippen molar-refractivity contribution < 1.29 is 72.4 Å². The highest BCUT2D eigenvalue weighted by Gasteiger charge is 2.43. The summed E-state index contributed by atoms with van der Waals surface area (Å²) in [7, 11) is 1.18. The molecule has 1 aliphatic rings. The monoisotopic (exact) mass is 721 g/mol. The summed E-state index contributed by atoms with van der Waals surface area (Å²) < 4.78 is 157. The maximum absolute atomic E-state index is 14.6. The first-order valence-corrected chi connectivity index (χ1v) is 14.4. The minimum absolute atomic E-state index is 0.0300. The normalized spacial score (nSPS) is 16.4. The van der Waals surface area contributed by atoms with Gasteiger partial charge in [-0.1, -0.05) is 11.8 Å². The summed E-state index contributed by atoms with van der Waals surface area (Å²) in [5, 5.41) is 0. The van der Waals surface area contributed by atoms with Gasteiger partial charge >= 0.3 is 30.6 Å². The molecule has 3 aromatic carbocycles. The minimum Gasteiger partial charge on any atom is -0.495 e. The first kappa shape index (κ1) is 37.7. The second-order valence-corrected chi connectivity index (χ2v) is 10.7. The van der Waals surface area contributed by atoms with E-state index in [0.29, 0.717) is 24.3 Å². The number of carbonyl (C=O) groups excluding carboxylic acids is 2. The molecular formula is C33H25F10NO6. The molecule has 50 heavy (non-hydrogen) atoms. The molecule has 1 aliphatic heterocycles.